The summed E-state index contributed by atoms with van der Waals surface area (Å²) in [5, 5.41) is 28.8. The lowest BCUT2D eigenvalue weighted by Gasteiger charge is -1.97. The highest BCUT2D eigenvalue weighted by molar-refractivity contribution is 6.55. The average molecular weight is 312 g/mol. The van der Waals surface area contributed by atoms with Gasteiger partial charge in [-0.1, -0.05) is 0 Å². The Hall–Kier alpha value is -3.90. The first-order valence-electron chi connectivity index (χ1n) is 7.05. The van der Waals surface area contributed by atoms with Crippen LogP contribution in [0.25, 0.3) is 10.9 Å². The maximum atomic E-state index is 12.6. The van der Waals surface area contributed by atoms with Gasteiger partial charge in [-0.15, -0.1) is 0 Å². The molecule has 2 aromatic carbocycles. The van der Waals surface area contributed by atoms with Gasteiger partial charge in [-0.05, 0) is 36.4 Å². The lowest BCUT2D eigenvalue weighted by Crippen LogP contribution is -2.11. The van der Waals surface area contributed by atoms with Gasteiger partial charge in [0.1, 0.15) is 11.4 Å². The smallest absolute Gasteiger partial charge is 0.215 e. The van der Waals surface area contributed by atoms with E-state index in [-0.39, 0.29) is 22.9 Å². The molecular formula is C18H8N4O2. The molecule has 0 aliphatic carbocycles. The molecule has 3 aromatic rings. The number of aromatic nitrogens is 1. The molecule has 0 unspecified atom stereocenters. The zero-order valence-corrected chi connectivity index (χ0v) is 12.2. The summed E-state index contributed by atoms with van der Waals surface area (Å²) < 4.78 is 0. The van der Waals surface area contributed by atoms with Crippen LogP contribution in [0.1, 0.15) is 27.2 Å². The minimum atomic E-state index is -0.322. The van der Waals surface area contributed by atoms with Crippen LogP contribution in [-0.4, -0.2) is 21.6 Å². The minimum Gasteiger partial charge on any atom is -0.505 e. The van der Waals surface area contributed by atoms with Gasteiger partial charge >= 0.3 is 0 Å². The van der Waals surface area contributed by atoms with E-state index in [1.54, 1.807) is 30.3 Å². The zero-order chi connectivity index (χ0) is 16.8. The molecule has 4 rings (SSSR count). The molecule has 112 valence electrons. The van der Waals surface area contributed by atoms with Crippen molar-refractivity contribution in [3.63, 3.8) is 0 Å². The van der Waals surface area contributed by atoms with Gasteiger partial charge in [0.05, 0.1) is 40.0 Å². The van der Waals surface area contributed by atoms with Crippen LogP contribution in [0.5, 0.6) is 5.75 Å². The molecule has 0 amide bonds. The maximum Gasteiger partial charge on any atom is 0.215 e. The topological polar surface area (TPSA) is 113 Å². The fourth-order valence-corrected chi connectivity index (χ4v) is 2.78. The molecule has 2 N–H and O–H groups in total. The number of hydrogen-bond donors (Lipinski definition) is 2. The maximum absolute atomic E-state index is 12.6. The molecular weight excluding hydrogens is 304 g/mol. The first-order valence-corrected chi connectivity index (χ1v) is 7.05. The molecule has 0 atom stereocenters. The highest BCUT2D eigenvalue weighted by atomic mass is 16.3. The molecule has 6 nitrogen and oxygen atoms in total. The molecule has 1 aliphatic rings. The second-order valence-electron chi connectivity index (χ2n) is 5.35. The highest BCUT2D eigenvalue weighted by Crippen LogP contribution is 2.35. The van der Waals surface area contributed by atoms with E-state index in [0.717, 1.165) is 0 Å². The van der Waals surface area contributed by atoms with Crippen molar-refractivity contribution in [3.8, 4) is 17.9 Å². The van der Waals surface area contributed by atoms with Gasteiger partial charge in [0.25, 0.3) is 0 Å². The van der Waals surface area contributed by atoms with Crippen LogP contribution < -0.4 is 0 Å². The highest BCUT2D eigenvalue weighted by Gasteiger charge is 2.29. The zero-order valence-electron chi connectivity index (χ0n) is 12.2. The van der Waals surface area contributed by atoms with Gasteiger partial charge in [-0.25, -0.2) is 4.99 Å². The van der Waals surface area contributed by atoms with Crippen molar-refractivity contribution in [1.82, 2.24) is 4.98 Å². The van der Waals surface area contributed by atoms with Crippen molar-refractivity contribution in [2.24, 2.45) is 4.99 Å². The minimum absolute atomic E-state index is 0.0881. The molecule has 24 heavy (non-hydrogen) atoms. The van der Waals surface area contributed by atoms with Gasteiger partial charge in [-0.2, -0.15) is 10.5 Å². The largest absolute Gasteiger partial charge is 0.505 e. The molecule has 0 bridgehead atoms. The number of aromatic hydroxyl groups is 1. The number of hydrogen-bond acceptors (Lipinski definition) is 5. The van der Waals surface area contributed by atoms with Crippen LogP contribution in [0.4, 0.5) is 5.69 Å². The Morgan fingerprint density at radius 3 is 2.50 bits per heavy atom. The number of aromatic amines is 1. The monoisotopic (exact) mass is 312 g/mol. The van der Waals surface area contributed by atoms with Gasteiger partial charge in [-0.3, -0.25) is 4.79 Å². The first-order chi connectivity index (χ1) is 11.6. The summed E-state index contributed by atoms with van der Waals surface area (Å²) in [5.74, 6) is -0.410. The van der Waals surface area contributed by atoms with Gasteiger partial charge in [0, 0.05) is 5.39 Å². The number of rotatable bonds is 1. The number of aliphatic imine (C=N–C) groups is 1. The quantitative estimate of drug-likeness (QED) is 0.719. The number of benzene rings is 2. The Morgan fingerprint density at radius 1 is 1.04 bits per heavy atom. The Balaban J connectivity index is 1.90. The van der Waals surface area contributed by atoms with E-state index in [4.69, 9.17) is 10.5 Å². The number of ketones is 1. The summed E-state index contributed by atoms with van der Waals surface area (Å²) in [7, 11) is 0. The lowest BCUT2D eigenvalue weighted by molar-refractivity contribution is 0.107. The number of carbonyl (C=O) groups is 1. The first kappa shape index (κ1) is 13.7. The van der Waals surface area contributed by atoms with Gasteiger partial charge in [0.15, 0.2) is 5.75 Å². The van der Waals surface area contributed by atoms with E-state index in [0.29, 0.717) is 33.3 Å². The Kier molecular flexibility index (Phi) is 2.75. The second-order valence-corrected chi connectivity index (χ2v) is 5.35. The van der Waals surface area contributed by atoms with E-state index in [9.17, 15) is 9.90 Å². The summed E-state index contributed by atoms with van der Waals surface area (Å²) in [6.45, 7) is 0. The predicted octanol–water partition coefficient (Wildman–Crippen LogP) is 2.93. The Bertz CT molecular complexity index is 1160. The van der Waals surface area contributed by atoms with Crippen molar-refractivity contribution < 1.29 is 9.90 Å². The number of carbonyl (C=O) groups excluding carboxylic acids is 1. The summed E-state index contributed by atoms with van der Waals surface area (Å²) in [6, 6.07) is 13.5. The van der Waals surface area contributed by atoms with Gasteiger partial charge in [0.2, 0.25) is 5.78 Å². The number of fused-ring (bicyclic) bond motifs is 2. The van der Waals surface area contributed by atoms with Crippen molar-refractivity contribution in [2.45, 2.75) is 0 Å². The van der Waals surface area contributed by atoms with Gasteiger partial charge < -0.3 is 10.1 Å². The molecule has 0 spiro atoms. The van der Waals surface area contributed by atoms with E-state index < -0.39 is 0 Å². The summed E-state index contributed by atoms with van der Waals surface area (Å²) >= 11 is 0. The fraction of sp³-hybridized carbons (Fsp3) is 0. The van der Waals surface area contributed by atoms with E-state index >= 15 is 0 Å². The van der Waals surface area contributed by atoms with Crippen molar-refractivity contribution in [1.29, 1.82) is 10.5 Å². The van der Waals surface area contributed by atoms with Crippen LogP contribution in [0.3, 0.4) is 0 Å². The van der Waals surface area contributed by atoms with Crippen LogP contribution in [0.15, 0.2) is 41.4 Å². The average Bonchev–Trinajstić information content (AvgIpc) is 3.11. The molecule has 0 saturated heterocycles. The molecule has 6 heteroatoms. The second kappa shape index (κ2) is 4.80. The lowest BCUT2D eigenvalue weighted by atomic mass is 10.0. The fourth-order valence-electron chi connectivity index (χ4n) is 2.78. The third kappa shape index (κ3) is 1.81. The number of H-pyrrole nitrogens is 1. The number of nitrogens with one attached hydrogen (secondary N) is 1. The molecule has 0 radical (unpaired) electrons. The third-order valence-electron chi connectivity index (χ3n) is 3.96. The number of nitrogens with zero attached hydrogens (tertiary/aromatic N) is 3. The van der Waals surface area contributed by atoms with E-state index in [2.05, 4.69) is 9.98 Å². The van der Waals surface area contributed by atoms with Crippen molar-refractivity contribution in [3.05, 3.63) is 58.8 Å². The van der Waals surface area contributed by atoms with Crippen LogP contribution in [0.2, 0.25) is 0 Å². The number of Topliss-reactive ketones (excluding diaryl/α,β-unsaturated/α-hetero) is 1. The molecule has 0 saturated carbocycles. The van der Waals surface area contributed by atoms with E-state index in [1.165, 1.54) is 6.07 Å². The number of nitriles is 2. The Labute approximate surface area is 135 Å². The molecule has 2 heterocycles. The van der Waals surface area contributed by atoms with Crippen LogP contribution in [0, 0.1) is 22.7 Å². The third-order valence-corrected chi connectivity index (χ3v) is 3.96. The van der Waals surface area contributed by atoms with Crippen LogP contribution >= 0.6 is 0 Å². The van der Waals surface area contributed by atoms with Crippen LogP contribution in [-0.2, 0) is 0 Å². The normalized spacial score (nSPS) is 12.6. The summed E-state index contributed by atoms with van der Waals surface area (Å²) in [5.41, 5.74) is 2.49. The molecule has 1 aliphatic heterocycles. The van der Waals surface area contributed by atoms with Crippen molar-refractivity contribution >= 4 is 28.1 Å². The summed E-state index contributed by atoms with van der Waals surface area (Å²) in [6.07, 6.45) is 0. The standard InChI is InChI=1S/C18H8N4O2/c19-7-9-1-3-11-13(5-9)21-15(17(11)23)16-18(24)12-4-2-10(8-20)6-14(12)22-16/h1-6,21,23H. The predicted molar refractivity (Wildman–Crippen MR) is 86.4 cm³/mol. The van der Waals surface area contributed by atoms with Crippen molar-refractivity contribution in [2.75, 3.05) is 0 Å². The molecule has 0 fully saturated rings. The SMILES string of the molecule is N#Cc1ccc2c(c1)N=C(c1[nH]c3cc(C#N)ccc3c1O)C2=O. The molecule has 1 aromatic heterocycles. The summed E-state index contributed by atoms with van der Waals surface area (Å²) in [4.78, 5) is 19.8. The Morgan fingerprint density at radius 2 is 1.75 bits per heavy atom. The van der Waals surface area contributed by atoms with E-state index in [1.807, 2.05) is 12.1 Å².